The molecule has 0 atom stereocenters. The van der Waals surface area contributed by atoms with Crippen LogP contribution in [0.3, 0.4) is 0 Å². The second kappa shape index (κ2) is 10.7. The quantitative estimate of drug-likeness (QED) is 0.450. The molecule has 32 heavy (non-hydrogen) atoms. The number of carbonyl (C=O) groups excluding carboxylic acids is 1. The molecule has 0 radical (unpaired) electrons. The Morgan fingerprint density at radius 2 is 1.47 bits per heavy atom. The molecule has 164 valence electrons. The van der Waals surface area contributed by atoms with Gasteiger partial charge in [-0.05, 0) is 35.7 Å². The summed E-state index contributed by atoms with van der Waals surface area (Å²) in [5, 5.41) is 4.31. The van der Waals surface area contributed by atoms with Crippen LogP contribution in [-0.4, -0.2) is 44.3 Å². The van der Waals surface area contributed by atoms with Crippen LogP contribution in [0.1, 0.15) is 18.9 Å². The Bertz CT molecular complexity index is 1020. The average molecular weight is 428 g/mol. The summed E-state index contributed by atoms with van der Waals surface area (Å²) >= 11 is 0. The lowest BCUT2D eigenvalue weighted by molar-refractivity contribution is -0.900. The standard InChI is InChI=1S/C27H30N4O/c1-22(23-12-14-25(15-13-23)24-8-4-2-5-9-24)28-29-27(32)16-17-30-18-20-31(21-19-30)26-10-6-3-7-11-26/h2-15H,16-21H2,1H3,(H,29,32)/p+1/b28-22-. The van der Waals surface area contributed by atoms with Crippen molar-refractivity contribution >= 4 is 17.3 Å². The van der Waals surface area contributed by atoms with Gasteiger partial charge in [0.25, 0.3) is 0 Å². The van der Waals surface area contributed by atoms with Gasteiger partial charge in [-0.25, -0.2) is 5.43 Å². The minimum Gasteiger partial charge on any atom is -0.360 e. The maximum Gasteiger partial charge on any atom is 0.245 e. The molecule has 2 N–H and O–H groups in total. The van der Waals surface area contributed by atoms with Gasteiger partial charge < -0.3 is 9.80 Å². The molecule has 4 rings (SSSR count). The molecule has 5 nitrogen and oxygen atoms in total. The Hall–Kier alpha value is -3.44. The highest BCUT2D eigenvalue weighted by Gasteiger charge is 2.20. The van der Waals surface area contributed by atoms with Crippen molar-refractivity contribution in [1.29, 1.82) is 0 Å². The molecule has 0 aromatic heterocycles. The number of benzene rings is 3. The van der Waals surface area contributed by atoms with E-state index in [1.807, 2.05) is 43.3 Å². The number of hydrogen-bond donors (Lipinski definition) is 2. The van der Waals surface area contributed by atoms with Gasteiger partial charge in [0.2, 0.25) is 5.91 Å². The summed E-state index contributed by atoms with van der Waals surface area (Å²) in [6.07, 6.45) is 0.490. The monoisotopic (exact) mass is 427 g/mol. The lowest BCUT2D eigenvalue weighted by Crippen LogP contribution is -3.15. The molecule has 0 saturated carbocycles. The van der Waals surface area contributed by atoms with Crippen molar-refractivity contribution in [3.05, 3.63) is 90.5 Å². The number of nitrogens with one attached hydrogen (secondary N) is 2. The minimum absolute atomic E-state index is 0.0248. The summed E-state index contributed by atoms with van der Waals surface area (Å²) in [6.45, 7) is 6.92. The molecule has 3 aromatic carbocycles. The van der Waals surface area contributed by atoms with Gasteiger partial charge in [0, 0.05) is 5.69 Å². The maximum atomic E-state index is 12.3. The van der Waals surface area contributed by atoms with E-state index >= 15 is 0 Å². The lowest BCUT2D eigenvalue weighted by atomic mass is 10.0. The third-order valence-electron chi connectivity index (χ3n) is 6.06. The van der Waals surface area contributed by atoms with Crippen LogP contribution >= 0.6 is 0 Å². The van der Waals surface area contributed by atoms with E-state index in [-0.39, 0.29) is 5.91 Å². The predicted octanol–water partition coefficient (Wildman–Crippen LogP) is 2.99. The molecule has 0 aliphatic carbocycles. The largest absolute Gasteiger partial charge is 0.360 e. The molecular formula is C27H31N4O+. The fourth-order valence-electron chi connectivity index (χ4n) is 4.06. The summed E-state index contributed by atoms with van der Waals surface area (Å²) in [5.41, 5.74) is 8.18. The van der Waals surface area contributed by atoms with Crippen LogP contribution in [0.5, 0.6) is 0 Å². The third kappa shape index (κ3) is 5.83. The average Bonchev–Trinajstić information content (AvgIpc) is 2.87. The summed E-state index contributed by atoms with van der Waals surface area (Å²) < 4.78 is 0. The molecule has 5 heteroatoms. The first-order valence-corrected chi connectivity index (χ1v) is 11.3. The molecule has 1 aliphatic rings. The van der Waals surface area contributed by atoms with E-state index in [1.165, 1.54) is 21.7 Å². The number of hydrogen-bond acceptors (Lipinski definition) is 3. The number of amides is 1. The second-order valence-electron chi connectivity index (χ2n) is 8.25. The number of hydrazone groups is 1. The van der Waals surface area contributed by atoms with Gasteiger partial charge in [-0.3, -0.25) is 4.79 Å². The fourth-order valence-corrected chi connectivity index (χ4v) is 4.06. The molecule has 0 bridgehead atoms. The van der Waals surface area contributed by atoms with E-state index in [4.69, 9.17) is 0 Å². The van der Waals surface area contributed by atoms with E-state index in [9.17, 15) is 4.79 Å². The van der Waals surface area contributed by atoms with Crippen molar-refractivity contribution in [2.45, 2.75) is 13.3 Å². The van der Waals surface area contributed by atoms with Crippen LogP contribution in [0.15, 0.2) is 90.0 Å². The normalized spacial score (nSPS) is 14.9. The first-order chi connectivity index (χ1) is 15.7. The van der Waals surface area contributed by atoms with Crippen molar-refractivity contribution in [3.8, 4) is 11.1 Å². The van der Waals surface area contributed by atoms with E-state index in [0.717, 1.165) is 44.0 Å². The Morgan fingerprint density at radius 3 is 2.12 bits per heavy atom. The molecular weight excluding hydrogens is 396 g/mol. The Kier molecular flexibility index (Phi) is 7.31. The van der Waals surface area contributed by atoms with Crippen molar-refractivity contribution in [3.63, 3.8) is 0 Å². The molecule has 0 spiro atoms. The van der Waals surface area contributed by atoms with Gasteiger partial charge in [0.05, 0.1) is 44.9 Å². The number of anilines is 1. The SMILES string of the molecule is C/C(=N/NC(=O)CC[NH+]1CCN(c2ccccc2)CC1)c1ccc(-c2ccccc2)cc1. The fraction of sp³-hybridized carbons (Fsp3) is 0.259. The van der Waals surface area contributed by atoms with Crippen LogP contribution in [0.2, 0.25) is 0 Å². The first kappa shape index (κ1) is 21.8. The van der Waals surface area contributed by atoms with Gasteiger partial charge in [0.1, 0.15) is 0 Å². The summed E-state index contributed by atoms with van der Waals surface area (Å²) in [4.78, 5) is 16.2. The van der Waals surface area contributed by atoms with Crippen molar-refractivity contribution in [2.75, 3.05) is 37.6 Å². The number of nitrogens with zero attached hydrogens (tertiary/aromatic N) is 2. The summed E-state index contributed by atoms with van der Waals surface area (Å²) in [6, 6.07) is 29.1. The van der Waals surface area contributed by atoms with E-state index in [0.29, 0.717) is 6.42 Å². The molecule has 3 aromatic rings. The number of piperazine rings is 1. The molecule has 1 heterocycles. The van der Waals surface area contributed by atoms with Gasteiger partial charge in [-0.15, -0.1) is 0 Å². The van der Waals surface area contributed by atoms with Crippen LogP contribution < -0.4 is 15.2 Å². The van der Waals surface area contributed by atoms with E-state index < -0.39 is 0 Å². The van der Waals surface area contributed by atoms with Gasteiger partial charge in [-0.1, -0.05) is 72.8 Å². The smallest absolute Gasteiger partial charge is 0.245 e. The summed E-state index contributed by atoms with van der Waals surface area (Å²) in [5.74, 6) is -0.0248. The highest BCUT2D eigenvalue weighted by atomic mass is 16.2. The van der Waals surface area contributed by atoms with Crippen molar-refractivity contribution < 1.29 is 9.69 Å². The molecule has 0 unspecified atom stereocenters. The minimum atomic E-state index is -0.0248. The molecule has 1 amide bonds. The maximum absolute atomic E-state index is 12.3. The van der Waals surface area contributed by atoms with Crippen molar-refractivity contribution in [1.82, 2.24) is 5.43 Å². The Morgan fingerprint density at radius 1 is 0.875 bits per heavy atom. The van der Waals surface area contributed by atoms with Gasteiger partial charge in [0.15, 0.2) is 0 Å². The zero-order chi connectivity index (χ0) is 22.2. The van der Waals surface area contributed by atoms with Crippen LogP contribution in [-0.2, 0) is 4.79 Å². The Balaban J connectivity index is 1.21. The highest BCUT2D eigenvalue weighted by Crippen LogP contribution is 2.19. The molecule has 1 aliphatic heterocycles. The van der Waals surface area contributed by atoms with Crippen molar-refractivity contribution in [2.24, 2.45) is 5.10 Å². The predicted molar refractivity (Wildman–Crippen MR) is 131 cm³/mol. The molecule has 1 fully saturated rings. The van der Waals surface area contributed by atoms with E-state index in [2.05, 4.69) is 64.0 Å². The number of rotatable bonds is 7. The second-order valence-corrected chi connectivity index (χ2v) is 8.25. The van der Waals surface area contributed by atoms with Crippen LogP contribution in [0.25, 0.3) is 11.1 Å². The number of para-hydroxylation sites is 1. The zero-order valence-electron chi connectivity index (χ0n) is 18.6. The highest BCUT2D eigenvalue weighted by molar-refractivity contribution is 5.99. The van der Waals surface area contributed by atoms with Gasteiger partial charge >= 0.3 is 0 Å². The van der Waals surface area contributed by atoms with Crippen LogP contribution in [0.4, 0.5) is 5.69 Å². The number of quaternary nitrogens is 1. The molecule has 1 saturated heterocycles. The lowest BCUT2D eigenvalue weighted by Gasteiger charge is -2.33. The topological polar surface area (TPSA) is 49.1 Å². The van der Waals surface area contributed by atoms with Gasteiger partial charge in [-0.2, -0.15) is 5.10 Å². The first-order valence-electron chi connectivity index (χ1n) is 11.3. The Labute approximate surface area is 190 Å². The zero-order valence-corrected chi connectivity index (χ0v) is 18.6. The van der Waals surface area contributed by atoms with Crippen LogP contribution in [0, 0.1) is 0 Å². The number of carbonyl (C=O) groups is 1. The van der Waals surface area contributed by atoms with E-state index in [1.54, 1.807) is 0 Å². The summed E-state index contributed by atoms with van der Waals surface area (Å²) in [7, 11) is 0. The third-order valence-corrected chi connectivity index (χ3v) is 6.06.